The second-order valence-electron chi connectivity index (χ2n) is 4.81. The van der Waals surface area contributed by atoms with Crippen molar-refractivity contribution in [2.75, 3.05) is 0 Å². The minimum Gasteiger partial charge on any atom is -0.478 e. The molecule has 4 nitrogen and oxygen atoms in total. The molecule has 0 aliphatic carbocycles. The van der Waals surface area contributed by atoms with E-state index < -0.39 is 5.97 Å². The zero-order valence-corrected chi connectivity index (χ0v) is 11.3. The van der Waals surface area contributed by atoms with Crippen molar-refractivity contribution in [3.8, 4) is 11.4 Å². The Hall–Kier alpha value is -2.62. The van der Waals surface area contributed by atoms with E-state index in [1.165, 1.54) is 0 Å². The molecule has 2 heterocycles. The van der Waals surface area contributed by atoms with Gasteiger partial charge in [0.1, 0.15) is 5.82 Å². The van der Waals surface area contributed by atoms with Crippen molar-refractivity contribution >= 4 is 11.5 Å². The molecule has 0 unspecified atom stereocenters. The number of carboxylic acids is 1. The molecule has 0 fully saturated rings. The van der Waals surface area contributed by atoms with E-state index in [0.717, 1.165) is 28.2 Å². The maximum Gasteiger partial charge on any atom is 0.337 e. The van der Waals surface area contributed by atoms with Gasteiger partial charge >= 0.3 is 5.97 Å². The maximum absolute atomic E-state index is 11.1. The standard InChI is InChI=1S/C16H14N2O2/c1-10-5-3-4-6-13(10)15-17-11(2)14-8-7-12(16(19)20)9-18(14)15/h3-9H,1-2H3,(H,19,20). The van der Waals surface area contributed by atoms with Crippen molar-refractivity contribution in [2.24, 2.45) is 0 Å². The summed E-state index contributed by atoms with van der Waals surface area (Å²) in [7, 11) is 0. The van der Waals surface area contributed by atoms with E-state index in [9.17, 15) is 4.79 Å². The van der Waals surface area contributed by atoms with E-state index in [-0.39, 0.29) is 5.56 Å². The van der Waals surface area contributed by atoms with Gasteiger partial charge in [0.05, 0.1) is 16.8 Å². The summed E-state index contributed by atoms with van der Waals surface area (Å²) in [4.78, 5) is 15.7. The molecule has 0 bridgehead atoms. The number of imidazole rings is 1. The highest BCUT2D eigenvalue weighted by Gasteiger charge is 2.13. The van der Waals surface area contributed by atoms with E-state index in [1.807, 2.05) is 42.5 Å². The van der Waals surface area contributed by atoms with Crippen molar-refractivity contribution in [1.82, 2.24) is 9.38 Å². The molecule has 0 aliphatic rings. The number of rotatable bonds is 2. The van der Waals surface area contributed by atoms with Gasteiger partial charge in [-0.2, -0.15) is 0 Å². The molecule has 20 heavy (non-hydrogen) atoms. The van der Waals surface area contributed by atoms with Crippen LogP contribution in [-0.4, -0.2) is 20.5 Å². The fraction of sp³-hybridized carbons (Fsp3) is 0.125. The van der Waals surface area contributed by atoms with E-state index in [0.29, 0.717) is 0 Å². The predicted molar refractivity (Wildman–Crippen MR) is 77.1 cm³/mol. The number of aryl methyl sites for hydroxylation is 2. The van der Waals surface area contributed by atoms with Crippen LogP contribution < -0.4 is 0 Å². The van der Waals surface area contributed by atoms with Gasteiger partial charge in [0.2, 0.25) is 0 Å². The van der Waals surface area contributed by atoms with Crippen LogP contribution in [0, 0.1) is 13.8 Å². The van der Waals surface area contributed by atoms with E-state index in [2.05, 4.69) is 4.98 Å². The summed E-state index contributed by atoms with van der Waals surface area (Å²) in [6, 6.07) is 11.4. The molecule has 3 aromatic rings. The number of pyridine rings is 1. The number of carbonyl (C=O) groups is 1. The fourth-order valence-electron chi connectivity index (χ4n) is 2.38. The highest BCUT2D eigenvalue weighted by atomic mass is 16.4. The number of fused-ring (bicyclic) bond motifs is 1. The molecule has 0 atom stereocenters. The second kappa shape index (κ2) is 4.49. The van der Waals surface area contributed by atoms with E-state index in [1.54, 1.807) is 18.3 Å². The van der Waals surface area contributed by atoms with Crippen molar-refractivity contribution in [2.45, 2.75) is 13.8 Å². The Bertz CT molecular complexity index is 818. The highest BCUT2D eigenvalue weighted by molar-refractivity contribution is 5.88. The molecule has 1 N–H and O–H groups in total. The molecule has 0 aliphatic heterocycles. The molecule has 100 valence electrons. The highest BCUT2D eigenvalue weighted by Crippen LogP contribution is 2.25. The lowest BCUT2D eigenvalue weighted by Gasteiger charge is -2.05. The minimum atomic E-state index is -0.936. The Labute approximate surface area is 116 Å². The molecular weight excluding hydrogens is 252 g/mol. The summed E-state index contributed by atoms with van der Waals surface area (Å²) in [6.45, 7) is 3.95. The number of hydrogen-bond acceptors (Lipinski definition) is 2. The van der Waals surface area contributed by atoms with Gasteiger partial charge in [-0.15, -0.1) is 0 Å². The van der Waals surface area contributed by atoms with Crippen LogP contribution in [0.4, 0.5) is 0 Å². The first-order valence-electron chi connectivity index (χ1n) is 6.36. The van der Waals surface area contributed by atoms with Crippen molar-refractivity contribution in [1.29, 1.82) is 0 Å². The Kier molecular flexibility index (Phi) is 2.79. The Morgan fingerprint density at radius 1 is 1.15 bits per heavy atom. The number of nitrogens with zero attached hydrogens (tertiary/aromatic N) is 2. The van der Waals surface area contributed by atoms with Crippen LogP contribution in [0.2, 0.25) is 0 Å². The van der Waals surface area contributed by atoms with Crippen LogP contribution in [-0.2, 0) is 0 Å². The van der Waals surface area contributed by atoms with Gasteiger partial charge in [-0.25, -0.2) is 9.78 Å². The van der Waals surface area contributed by atoms with Crippen LogP contribution in [0.15, 0.2) is 42.6 Å². The Balaban J connectivity index is 2.33. The summed E-state index contributed by atoms with van der Waals surface area (Å²) < 4.78 is 1.85. The Morgan fingerprint density at radius 3 is 2.60 bits per heavy atom. The molecule has 0 amide bonds. The molecular formula is C16H14N2O2. The summed E-state index contributed by atoms with van der Waals surface area (Å²) in [5, 5.41) is 9.13. The molecule has 0 saturated carbocycles. The number of aromatic carboxylic acids is 1. The summed E-state index contributed by atoms with van der Waals surface area (Å²) in [6.07, 6.45) is 1.62. The summed E-state index contributed by atoms with van der Waals surface area (Å²) in [5.41, 5.74) is 4.19. The van der Waals surface area contributed by atoms with Crippen LogP contribution in [0.1, 0.15) is 21.6 Å². The number of carboxylic acid groups (broad SMARTS) is 1. The minimum absolute atomic E-state index is 0.254. The van der Waals surface area contributed by atoms with Crippen LogP contribution >= 0.6 is 0 Å². The second-order valence-corrected chi connectivity index (χ2v) is 4.81. The fourth-order valence-corrected chi connectivity index (χ4v) is 2.38. The maximum atomic E-state index is 11.1. The third kappa shape index (κ3) is 1.86. The van der Waals surface area contributed by atoms with Gasteiger partial charge in [0.15, 0.2) is 0 Å². The number of aromatic nitrogens is 2. The molecule has 2 aromatic heterocycles. The lowest BCUT2D eigenvalue weighted by Crippen LogP contribution is -1.99. The first-order valence-corrected chi connectivity index (χ1v) is 6.36. The molecule has 0 saturated heterocycles. The first kappa shape index (κ1) is 12.4. The predicted octanol–water partition coefficient (Wildman–Crippen LogP) is 3.32. The van der Waals surface area contributed by atoms with Crippen LogP contribution in [0.3, 0.4) is 0 Å². The summed E-state index contributed by atoms with van der Waals surface area (Å²) >= 11 is 0. The van der Waals surface area contributed by atoms with Crippen LogP contribution in [0.25, 0.3) is 16.9 Å². The zero-order chi connectivity index (χ0) is 14.3. The Morgan fingerprint density at radius 2 is 1.90 bits per heavy atom. The normalized spacial score (nSPS) is 10.9. The summed E-state index contributed by atoms with van der Waals surface area (Å²) in [5.74, 6) is -0.160. The van der Waals surface area contributed by atoms with Gasteiger partial charge < -0.3 is 5.11 Å². The van der Waals surface area contributed by atoms with Crippen LogP contribution in [0.5, 0.6) is 0 Å². The van der Waals surface area contributed by atoms with Gasteiger partial charge in [-0.05, 0) is 31.5 Å². The van der Waals surface area contributed by atoms with Gasteiger partial charge in [-0.3, -0.25) is 4.40 Å². The topological polar surface area (TPSA) is 54.6 Å². The smallest absolute Gasteiger partial charge is 0.337 e. The molecule has 0 radical (unpaired) electrons. The third-order valence-corrected chi connectivity index (χ3v) is 3.45. The van der Waals surface area contributed by atoms with Crippen molar-refractivity contribution in [3.05, 3.63) is 59.4 Å². The quantitative estimate of drug-likeness (QED) is 0.774. The zero-order valence-electron chi connectivity index (χ0n) is 11.3. The van der Waals surface area contributed by atoms with Gasteiger partial charge in [0.25, 0.3) is 0 Å². The SMILES string of the molecule is Cc1ccccc1-c1nc(C)c2ccc(C(=O)O)cn12. The first-order chi connectivity index (χ1) is 9.58. The average molecular weight is 266 g/mol. The van der Waals surface area contributed by atoms with Crippen molar-refractivity contribution < 1.29 is 9.90 Å². The third-order valence-electron chi connectivity index (χ3n) is 3.45. The van der Waals surface area contributed by atoms with Gasteiger partial charge in [-0.1, -0.05) is 24.3 Å². The lowest BCUT2D eigenvalue weighted by molar-refractivity contribution is 0.0696. The lowest BCUT2D eigenvalue weighted by atomic mass is 10.1. The molecule has 3 rings (SSSR count). The average Bonchev–Trinajstić information content (AvgIpc) is 2.76. The molecule has 0 spiro atoms. The number of benzene rings is 1. The van der Waals surface area contributed by atoms with E-state index in [4.69, 9.17) is 5.11 Å². The van der Waals surface area contributed by atoms with Gasteiger partial charge in [0, 0.05) is 11.8 Å². The number of hydrogen-bond donors (Lipinski definition) is 1. The van der Waals surface area contributed by atoms with E-state index >= 15 is 0 Å². The van der Waals surface area contributed by atoms with Crippen molar-refractivity contribution in [3.63, 3.8) is 0 Å². The molecule has 1 aromatic carbocycles. The monoisotopic (exact) mass is 266 g/mol. The largest absolute Gasteiger partial charge is 0.478 e. The molecule has 4 heteroatoms.